The van der Waals surface area contributed by atoms with Gasteiger partial charge >= 0.3 is 5.97 Å². The molecule has 2 amide bonds. The Morgan fingerprint density at radius 2 is 1.63 bits per heavy atom. The van der Waals surface area contributed by atoms with Crippen LogP contribution in [0, 0.1) is 13.8 Å². The first kappa shape index (κ1) is 23.1. The molecule has 2 aromatic rings. The highest BCUT2D eigenvalue weighted by atomic mass is 32.2. The van der Waals surface area contributed by atoms with Crippen LogP contribution in [0.25, 0.3) is 0 Å². The summed E-state index contributed by atoms with van der Waals surface area (Å²) < 4.78 is 29.6. The molecule has 2 N–H and O–H groups in total. The van der Waals surface area contributed by atoms with E-state index in [9.17, 15) is 22.8 Å². The van der Waals surface area contributed by atoms with Crippen LogP contribution >= 0.6 is 0 Å². The van der Waals surface area contributed by atoms with Gasteiger partial charge in [0.25, 0.3) is 5.91 Å². The van der Waals surface area contributed by atoms with Gasteiger partial charge in [-0.1, -0.05) is 17.7 Å². The summed E-state index contributed by atoms with van der Waals surface area (Å²) in [5.41, 5.74) is 3.02. The van der Waals surface area contributed by atoms with Crippen molar-refractivity contribution in [2.45, 2.75) is 32.1 Å². The third-order valence-electron chi connectivity index (χ3n) is 4.13. The van der Waals surface area contributed by atoms with Crippen LogP contribution in [0.1, 0.15) is 24.5 Å². The highest BCUT2D eigenvalue weighted by Gasteiger charge is 2.18. The molecule has 0 aliphatic rings. The lowest BCUT2D eigenvalue weighted by molar-refractivity contribution is -0.146. The van der Waals surface area contributed by atoms with Crippen LogP contribution < -0.4 is 10.6 Å². The van der Waals surface area contributed by atoms with Crippen molar-refractivity contribution in [2.24, 2.45) is 0 Å². The number of ether oxygens (including phenoxy) is 1. The van der Waals surface area contributed by atoms with Gasteiger partial charge in [0.15, 0.2) is 16.4 Å². The normalized spacial score (nSPS) is 10.9. The van der Waals surface area contributed by atoms with E-state index in [2.05, 4.69) is 10.6 Å². The van der Waals surface area contributed by atoms with Crippen LogP contribution in [-0.2, 0) is 29.0 Å². The van der Waals surface area contributed by atoms with Crippen LogP contribution in [0.3, 0.4) is 0 Å². The van der Waals surface area contributed by atoms with Gasteiger partial charge in [0.05, 0.1) is 17.1 Å². The fraction of sp³-hybridized carbons (Fsp3) is 0.286. The van der Waals surface area contributed by atoms with Gasteiger partial charge in [0.2, 0.25) is 5.91 Å². The number of amides is 2. The number of esters is 1. The molecule has 160 valence electrons. The Morgan fingerprint density at radius 3 is 2.23 bits per heavy atom. The topological polar surface area (TPSA) is 119 Å². The number of nitrogens with one attached hydrogen (secondary N) is 2. The van der Waals surface area contributed by atoms with Crippen molar-refractivity contribution in [3.05, 3.63) is 53.6 Å². The van der Waals surface area contributed by atoms with Crippen molar-refractivity contribution in [1.82, 2.24) is 0 Å². The van der Waals surface area contributed by atoms with Crippen LogP contribution in [0.15, 0.2) is 47.4 Å². The van der Waals surface area contributed by atoms with Gasteiger partial charge in [-0.3, -0.25) is 14.4 Å². The maximum Gasteiger partial charge on any atom is 0.307 e. The molecule has 0 aliphatic heterocycles. The number of carbonyl (C=O) groups excluding carboxylic acids is 3. The summed E-state index contributed by atoms with van der Waals surface area (Å²) in [6, 6.07) is 11.1. The van der Waals surface area contributed by atoms with Gasteiger partial charge in [-0.15, -0.1) is 0 Å². The largest absolute Gasteiger partial charge is 0.456 e. The van der Waals surface area contributed by atoms with Crippen molar-refractivity contribution in [3.8, 4) is 0 Å². The minimum Gasteiger partial charge on any atom is -0.456 e. The Kier molecular flexibility index (Phi) is 7.71. The van der Waals surface area contributed by atoms with Gasteiger partial charge in [-0.25, -0.2) is 8.42 Å². The van der Waals surface area contributed by atoms with Crippen molar-refractivity contribution in [3.63, 3.8) is 0 Å². The summed E-state index contributed by atoms with van der Waals surface area (Å²) in [6.07, 6.45) is -0.382. The second-order valence-corrected chi connectivity index (χ2v) is 8.91. The van der Waals surface area contributed by atoms with E-state index in [0.717, 1.165) is 11.1 Å². The average Bonchev–Trinajstić information content (AvgIpc) is 2.67. The van der Waals surface area contributed by atoms with Crippen molar-refractivity contribution < 1.29 is 27.5 Å². The summed E-state index contributed by atoms with van der Waals surface area (Å²) >= 11 is 0. The number of aryl methyl sites for hydroxylation is 2. The lowest BCUT2D eigenvalue weighted by Crippen LogP contribution is -2.22. The minimum atomic E-state index is -3.71. The van der Waals surface area contributed by atoms with Crippen LogP contribution in [-0.4, -0.2) is 38.6 Å². The van der Waals surface area contributed by atoms with Gasteiger partial charge in [0.1, 0.15) is 0 Å². The van der Waals surface area contributed by atoms with E-state index in [4.69, 9.17) is 4.74 Å². The van der Waals surface area contributed by atoms with Gasteiger partial charge in [0, 0.05) is 18.3 Å². The minimum absolute atomic E-state index is 0.0250. The zero-order chi connectivity index (χ0) is 22.3. The highest BCUT2D eigenvalue weighted by Crippen LogP contribution is 2.17. The fourth-order valence-electron chi connectivity index (χ4n) is 2.64. The third-order valence-corrected chi connectivity index (χ3v) is 5.86. The van der Waals surface area contributed by atoms with E-state index in [-0.39, 0.29) is 17.2 Å². The molecule has 8 nitrogen and oxygen atoms in total. The molecule has 0 aliphatic carbocycles. The van der Waals surface area contributed by atoms with E-state index in [1.165, 1.54) is 31.2 Å². The van der Waals surface area contributed by atoms with Gasteiger partial charge in [-0.05, 0) is 49.7 Å². The first-order chi connectivity index (χ1) is 14.1. The molecular weight excluding hydrogens is 408 g/mol. The van der Waals surface area contributed by atoms with Crippen molar-refractivity contribution in [1.29, 1.82) is 0 Å². The molecule has 0 saturated heterocycles. The fourth-order valence-corrected chi connectivity index (χ4v) is 3.86. The Bertz CT molecular complexity index is 1050. The predicted molar refractivity (Wildman–Crippen MR) is 113 cm³/mol. The standard InChI is InChI=1S/C21H24N2O6S/c1-14-4-9-19(15(2)12-14)23-20(25)13-29-21(26)10-11-30(27,28)18-7-5-17(6-8-18)22-16(3)24/h4-9,12H,10-11,13H2,1-3H3,(H,22,24)(H,23,25). The molecule has 0 radical (unpaired) electrons. The van der Waals surface area contributed by atoms with E-state index in [0.29, 0.717) is 11.4 Å². The predicted octanol–water partition coefficient (Wildman–Crippen LogP) is 2.61. The monoisotopic (exact) mass is 432 g/mol. The second-order valence-electron chi connectivity index (χ2n) is 6.80. The summed E-state index contributed by atoms with van der Waals surface area (Å²) in [5.74, 6) is -2.02. The Balaban J connectivity index is 1.83. The smallest absolute Gasteiger partial charge is 0.307 e. The summed E-state index contributed by atoms with van der Waals surface area (Å²) in [4.78, 5) is 34.8. The lowest BCUT2D eigenvalue weighted by Gasteiger charge is -2.10. The summed E-state index contributed by atoms with van der Waals surface area (Å²) in [7, 11) is -3.71. The third kappa shape index (κ3) is 7.00. The molecule has 0 spiro atoms. The van der Waals surface area contributed by atoms with Gasteiger partial charge in [-0.2, -0.15) is 0 Å². The Hall–Kier alpha value is -3.20. The number of carbonyl (C=O) groups is 3. The quantitative estimate of drug-likeness (QED) is 0.619. The summed E-state index contributed by atoms with van der Waals surface area (Å²) in [5, 5.41) is 5.18. The molecule has 0 unspecified atom stereocenters. The lowest BCUT2D eigenvalue weighted by atomic mass is 10.1. The van der Waals surface area contributed by atoms with E-state index in [1.54, 1.807) is 6.07 Å². The molecule has 2 aromatic carbocycles. The molecule has 0 saturated carbocycles. The Morgan fingerprint density at radius 1 is 0.967 bits per heavy atom. The number of hydrogen-bond acceptors (Lipinski definition) is 6. The zero-order valence-corrected chi connectivity index (χ0v) is 17.8. The van der Waals surface area contributed by atoms with Crippen LogP contribution in [0.5, 0.6) is 0 Å². The zero-order valence-electron chi connectivity index (χ0n) is 17.0. The average molecular weight is 432 g/mol. The SMILES string of the molecule is CC(=O)Nc1ccc(S(=O)(=O)CCC(=O)OCC(=O)Nc2ccc(C)cc2C)cc1. The second kappa shape index (κ2) is 10.0. The van der Waals surface area contributed by atoms with E-state index >= 15 is 0 Å². The molecule has 0 heterocycles. The number of benzene rings is 2. The molecular formula is C21H24N2O6S. The van der Waals surface area contributed by atoms with Crippen LogP contribution in [0.4, 0.5) is 11.4 Å². The summed E-state index contributed by atoms with van der Waals surface area (Å²) in [6.45, 7) is 4.63. The maximum atomic E-state index is 12.3. The van der Waals surface area contributed by atoms with Crippen molar-refractivity contribution in [2.75, 3.05) is 23.0 Å². The molecule has 0 atom stereocenters. The van der Waals surface area contributed by atoms with Crippen LogP contribution in [0.2, 0.25) is 0 Å². The van der Waals surface area contributed by atoms with E-state index in [1.807, 2.05) is 26.0 Å². The number of sulfone groups is 1. The highest BCUT2D eigenvalue weighted by molar-refractivity contribution is 7.91. The molecule has 30 heavy (non-hydrogen) atoms. The number of hydrogen-bond donors (Lipinski definition) is 2. The van der Waals surface area contributed by atoms with Crippen molar-refractivity contribution >= 4 is 39.0 Å². The molecule has 9 heteroatoms. The molecule has 0 fully saturated rings. The maximum absolute atomic E-state index is 12.3. The molecule has 0 bridgehead atoms. The Labute approximate surface area is 175 Å². The van der Waals surface area contributed by atoms with Gasteiger partial charge < -0.3 is 15.4 Å². The molecule has 0 aromatic heterocycles. The van der Waals surface area contributed by atoms with E-state index < -0.39 is 34.1 Å². The first-order valence-corrected chi connectivity index (χ1v) is 10.9. The molecule has 2 rings (SSSR count). The number of rotatable bonds is 8. The number of anilines is 2. The first-order valence-electron chi connectivity index (χ1n) is 9.20.